The molecule has 2 rings (SSSR count). The Balaban J connectivity index is 1.69. The third-order valence-corrected chi connectivity index (χ3v) is 3.11. The summed E-state index contributed by atoms with van der Waals surface area (Å²) in [5.74, 6) is 1.91. The number of aryl methyl sites for hydroxylation is 1. The molecule has 0 atom stereocenters. The number of methoxy groups -OCH3 is 1. The minimum Gasteiger partial charge on any atom is -0.464 e. The van der Waals surface area contributed by atoms with Crippen molar-refractivity contribution in [3.8, 4) is 0 Å². The highest BCUT2D eigenvalue weighted by molar-refractivity contribution is 5.20. The van der Waals surface area contributed by atoms with E-state index < -0.39 is 0 Å². The van der Waals surface area contributed by atoms with Crippen LogP contribution in [0.15, 0.2) is 10.5 Å². The molecule has 0 bridgehead atoms. The molecule has 1 aliphatic carbocycles. The van der Waals surface area contributed by atoms with Crippen LogP contribution in [0.3, 0.4) is 0 Å². The van der Waals surface area contributed by atoms with Crippen LogP contribution in [-0.4, -0.2) is 26.4 Å². The lowest BCUT2D eigenvalue weighted by molar-refractivity contribution is 0.0823. The number of hydrogen-bond donors (Lipinski definition) is 1. The van der Waals surface area contributed by atoms with E-state index in [0.29, 0.717) is 13.2 Å². The molecule has 0 spiro atoms. The fraction of sp³-hybridized carbons (Fsp3) is 0.714. The Bertz CT molecular complexity index is 358. The molecule has 1 aromatic heterocycles. The number of nitrogens with one attached hydrogen (secondary N) is 1. The molecule has 1 heterocycles. The van der Waals surface area contributed by atoms with E-state index in [1.807, 2.05) is 6.92 Å². The maximum Gasteiger partial charge on any atom is 0.130 e. The molecule has 1 aliphatic rings. The van der Waals surface area contributed by atoms with Crippen LogP contribution in [0, 0.1) is 6.92 Å². The zero-order chi connectivity index (χ0) is 12.8. The van der Waals surface area contributed by atoms with E-state index in [1.165, 1.54) is 18.4 Å². The highest BCUT2D eigenvalue weighted by Crippen LogP contribution is 2.21. The van der Waals surface area contributed by atoms with Gasteiger partial charge in [0.25, 0.3) is 0 Å². The molecule has 0 unspecified atom stereocenters. The van der Waals surface area contributed by atoms with Gasteiger partial charge in [0.1, 0.15) is 18.1 Å². The van der Waals surface area contributed by atoms with Gasteiger partial charge in [0.05, 0.1) is 0 Å². The molecule has 1 saturated carbocycles. The third kappa shape index (κ3) is 4.44. The average Bonchev–Trinajstić information content (AvgIpc) is 3.11. The van der Waals surface area contributed by atoms with Crippen molar-refractivity contribution in [3.63, 3.8) is 0 Å². The van der Waals surface area contributed by atoms with Crippen LogP contribution in [0.2, 0.25) is 0 Å². The molecule has 0 saturated heterocycles. The predicted octanol–water partition coefficient (Wildman–Crippen LogP) is 2.39. The van der Waals surface area contributed by atoms with Crippen LogP contribution in [0.4, 0.5) is 0 Å². The van der Waals surface area contributed by atoms with Crippen molar-refractivity contribution in [3.05, 3.63) is 23.2 Å². The van der Waals surface area contributed by atoms with Crippen molar-refractivity contribution >= 4 is 0 Å². The standard InChI is InChI=1S/C14H23NO3/c1-11-12(9-15-13-4-5-13)8-14(18-11)10-17-7-3-6-16-2/h8,13,15H,3-7,9-10H2,1-2H3. The van der Waals surface area contributed by atoms with Crippen molar-refractivity contribution in [2.75, 3.05) is 20.3 Å². The van der Waals surface area contributed by atoms with Gasteiger partial charge in [0, 0.05) is 38.5 Å². The third-order valence-electron chi connectivity index (χ3n) is 3.11. The quantitative estimate of drug-likeness (QED) is 0.686. The van der Waals surface area contributed by atoms with Gasteiger partial charge in [0.15, 0.2) is 0 Å². The van der Waals surface area contributed by atoms with Gasteiger partial charge < -0.3 is 19.2 Å². The first-order chi connectivity index (χ1) is 8.79. The predicted molar refractivity (Wildman–Crippen MR) is 69.5 cm³/mol. The molecule has 0 aliphatic heterocycles. The van der Waals surface area contributed by atoms with E-state index in [9.17, 15) is 0 Å². The second-order valence-corrected chi connectivity index (χ2v) is 4.85. The smallest absolute Gasteiger partial charge is 0.130 e. The van der Waals surface area contributed by atoms with E-state index >= 15 is 0 Å². The van der Waals surface area contributed by atoms with Gasteiger partial charge in [-0.1, -0.05) is 0 Å². The normalized spacial score (nSPS) is 15.2. The highest BCUT2D eigenvalue weighted by atomic mass is 16.5. The van der Waals surface area contributed by atoms with Crippen LogP contribution in [0.1, 0.15) is 36.3 Å². The Morgan fingerprint density at radius 3 is 2.94 bits per heavy atom. The summed E-state index contributed by atoms with van der Waals surface area (Å²) >= 11 is 0. The number of hydrogen-bond acceptors (Lipinski definition) is 4. The summed E-state index contributed by atoms with van der Waals surface area (Å²) in [6, 6.07) is 2.83. The molecule has 1 N–H and O–H groups in total. The minimum absolute atomic E-state index is 0.550. The van der Waals surface area contributed by atoms with Crippen LogP contribution in [0.25, 0.3) is 0 Å². The first kappa shape index (κ1) is 13.6. The SMILES string of the molecule is COCCCOCc1cc(CNC2CC2)c(C)o1. The Labute approximate surface area is 109 Å². The molecule has 102 valence electrons. The monoisotopic (exact) mass is 253 g/mol. The van der Waals surface area contributed by atoms with Crippen molar-refractivity contribution in [1.82, 2.24) is 5.32 Å². The summed E-state index contributed by atoms with van der Waals surface area (Å²) < 4.78 is 16.2. The molecule has 0 radical (unpaired) electrons. The van der Waals surface area contributed by atoms with E-state index in [0.717, 1.165) is 37.1 Å². The molecule has 4 heteroatoms. The number of rotatable bonds is 9. The molecule has 0 amide bonds. The molecule has 4 nitrogen and oxygen atoms in total. The summed E-state index contributed by atoms with van der Waals surface area (Å²) in [4.78, 5) is 0. The van der Waals surface area contributed by atoms with E-state index in [4.69, 9.17) is 13.9 Å². The lowest BCUT2D eigenvalue weighted by Crippen LogP contribution is -2.15. The molecule has 18 heavy (non-hydrogen) atoms. The minimum atomic E-state index is 0.550. The van der Waals surface area contributed by atoms with Gasteiger partial charge in [-0.05, 0) is 32.3 Å². The number of furan rings is 1. The van der Waals surface area contributed by atoms with E-state index in [2.05, 4.69) is 11.4 Å². The fourth-order valence-electron chi connectivity index (χ4n) is 1.85. The number of ether oxygens (including phenoxy) is 2. The summed E-state index contributed by atoms with van der Waals surface area (Å²) in [5, 5.41) is 3.49. The van der Waals surface area contributed by atoms with Gasteiger partial charge in [0.2, 0.25) is 0 Å². The molecule has 1 fully saturated rings. The van der Waals surface area contributed by atoms with E-state index in [1.54, 1.807) is 7.11 Å². The first-order valence-electron chi connectivity index (χ1n) is 6.68. The Morgan fingerprint density at radius 2 is 2.22 bits per heavy atom. The zero-order valence-corrected chi connectivity index (χ0v) is 11.3. The Morgan fingerprint density at radius 1 is 1.39 bits per heavy atom. The van der Waals surface area contributed by atoms with Gasteiger partial charge >= 0.3 is 0 Å². The van der Waals surface area contributed by atoms with Gasteiger partial charge in [-0.2, -0.15) is 0 Å². The second kappa shape index (κ2) is 6.92. The summed E-state index contributed by atoms with van der Waals surface area (Å²) in [6.07, 6.45) is 3.55. The van der Waals surface area contributed by atoms with Crippen LogP contribution in [0.5, 0.6) is 0 Å². The zero-order valence-electron chi connectivity index (χ0n) is 11.3. The van der Waals surface area contributed by atoms with Crippen LogP contribution < -0.4 is 5.32 Å². The topological polar surface area (TPSA) is 43.6 Å². The van der Waals surface area contributed by atoms with Crippen LogP contribution >= 0.6 is 0 Å². The van der Waals surface area contributed by atoms with Crippen molar-refractivity contribution in [2.45, 2.75) is 45.4 Å². The lowest BCUT2D eigenvalue weighted by Gasteiger charge is -2.00. The van der Waals surface area contributed by atoms with Gasteiger partial charge in [-0.15, -0.1) is 0 Å². The molecule has 0 aromatic carbocycles. The lowest BCUT2D eigenvalue weighted by atomic mass is 10.2. The molecule has 1 aromatic rings. The maximum atomic E-state index is 5.68. The van der Waals surface area contributed by atoms with E-state index in [-0.39, 0.29) is 0 Å². The Hall–Kier alpha value is -0.840. The maximum absolute atomic E-state index is 5.68. The van der Waals surface area contributed by atoms with Crippen molar-refractivity contribution in [2.24, 2.45) is 0 Å². The average molecular weight is 253 g/mol. The van der Waals surface area contributed by atoms with Crippen molar-refractivity contribution < 1.29 is 13.9 Å². The highest BCUT2D eigenvalue weighted by Gasteiger charge is 2.20. The first-order valence-corrected chi connectivity index (χ1v) is 6.68. The van der Waals surface area contributed by atoms with Gasteiger partial charge in [-0.3, -0.25) is 0 Å². The summed E-state index contributed by atoms with van der Waals surface area (Å²) in [5.41, 5.74) is 1.25. The molecular formula is C14H23NO3. The van der Waals surface area contributed by atoms with Crippen LogP contribution in [-0.2, 0) is 22.6 Å². The summed E-state index contributed by atoms with van der Waals surface area (Å²) in [7, 11) is 1.70. The second-order valence-electron chi connectivity index (χ2n) is 4.85. The Kier molecular flexibility index (Phi) is 5.23. The van der Waals surface area contributed by atoms with Gasteiger partial charge in [-0.25, -0.2) is 0 Å². The fourth-order valence-corrected chi connectivity index (χ4v) is 1.85. The van der Waals surface area contributed by atoms with Crippen molar-refractivity contribution in [1.29, 1.82) is 0 Å². The summed E-state index contributed by atoms with van der Waals surface area (Å²) in [6.45, 7) is 4.92. The largest absolute Gasteiger partial charge is 0.464 e. The molecular weight excluding hydrogens is 230 g/mol.